The van der Waals surface area contributed by atoms with Crippen molar-refractivity contribution < 1.29 is 13.3 Å². The van der Waals surface area contributed by atoms with Crippen LogP contribution in [0.15, 0.2) is 35.5 Å². The Bertz CT molecular complexity index is 929. The molecular weight excluding hydrogens is 370 g/mol. The van der Waals surface area contributed by atoms with Crippen LogP contribution in [0.3, 0.4) is 0 Å². The Morgan fingerprint density at radius 3 is 2.22 bits per heavy atom. The maximum Gasteiger partial charge on any atom is 0.406 e. The van der Waals surface area contributed by atoms with Gasteiger partial charge in [-0.15, -0.1) is 0 Å². The van der Waals surface area contributed by atoms with Crippen LogP contribution in [0, 0.1) is 10.1 Å². The van der Waals surface area contributed by atoms with Gasteiger partial charge < -0.3 is 15.0 Å². The summed E-state index contributed by atoms with van der Waals surface area (Å²) in [5.41, 5.74) is 1.09. The highest BCUT2D eigenvalue weighted by Crippen LogP contribution is 2.28. The molecular formula is C17H23N5O4S. The van der Waals surface area contributed by atoms with Crippen molar-refractivity contribution in [2.45, 2.75) is 24.7 Å². The second-order valence-electron chi connectivity index (χ2n) is 6.87. The summed E-state index contributed by atoms with van der Waals surface area (Å²) in [6.07, 6.45) is 1.40. The van der Waals surface area contributed by atoms with Crippen LogP contribution in [0.2, 0.25) is 0 Å². The van der Waals surface area contributed by atoms with Gasteiger partial charge in [-0.3, -0.25) is 4.57 Å². The van der Waals surface area contributed by atoms with Crippen LogP contribution in [0.25, 0.3) is 0 Å². The quantitative estimate of drug-likeness (QED) is 0.568. The highest BCUT2D eigenvalue weighted by atomic mass is 32.2. The Labute approximate surface area is 158 Å². The Morgan fingerprint density at radius 2 is 1.70 bits per heavy atom. The van der Waals surface area contributed by atoms with Gasteiger partial charge in [0, 0.05) is 33.2 Å². The summed E-state index contributed by atoms with van der Waals surface area (Å²) in [7, 11) is -1.89. The van der Waals surface area contributed by atoms with Gasteiger partial charge >= 0.3 is 5.82 Å². The maximum absolute atomic E-state index is 12.9. The zero-order valence-electron chi connectivity index (χ0n) is 15.6. The van der Waals surface area contributed by atoms with Crippen molar-refractivity contribution in [3.05, 3.63) is 46.3 Å². The van der Waals surface area contributed by atoms with Crippen molar-refractivity contribution in [3.63, 3.8) is 0 Å². The first-order valence-electron chi connectivity index (χ1n) is 8.72. The fourth-order valence-corrected chi connectivity index (χ4v) is 4.64. The number of piperazine rings is 1. The predicted molar refractivity (Wildman–Crippen MR) is 101 cm³/mol. The molecule has 10 heteroatoms. The monoisotopic (exact) mass is 393 g/mol. The first-order chi connectivity index (χ1) is 12.7. The van der Waals surface area contributed by atoms with E-state index >= 15 is 0 Å². The molecule has 0 aliphatic carbocycles. The van der Waals surface area contributed by atoms with Gasteiger partial charge in [0.25, 0.3) is 0 Å². The number of hydrogen-bond acceptors (Lipinski definition) is 6. The molecule has 146 valence electrons. The maximum atomic E-state index is 12.9. The second-order valence-corrected chi connectivity index (χ2v) is 8.81. The van der Waals surface area contributed by atoms with Crippen LogP contribution in [0.4, 0.5) is 11.6 Å². The smallest absolute Gasteiger partial charge is 0.358 e. The molecule has 0 saturated carbocycles. The molecule has 1 fully saturated rings. The standard InChI is InChI=1S/C17H23N5O4S/c1-13(2)14-4-6-15(7-5-14)27(25,26)21-10-8-20(9-11-21)17-16(22(23)24)18-12-19(17)3/h4-7,12-13H,8-11H2,1-3H3. The number of nitrogens with zero attached hydrogens (tertiary/aromatic N) is 5. The van der Waals surface area contributed by atoms with E-state index < -0.39 is 14.9 Å². The lowest BCUT2D eigenvalue weighted by Crippen LogP contribution is -2.49. The van der Waals surface area contributed by atoms with E-state index in [1.54, 1.807) is 28.6 Å². The van der Waals surface area contributed by atoms with E-state index in [4.69, 9.17) is 0 Å². The minimum absolute atomic E-state index is 0.210. The van der Waals surface area contributed by atoms with E-state index in [9.17, 15) is 18.5 Å². The molecule has 3 rings (SSSR count). The molecule has 0 N–H and O–H groups in total. The van der Waals surface area contributed by atoms with Crippen LogP contribution in [0.5, 0.6) is 0 Å². The Morgan fingerprint density at radius 1 is 1.11 bits per heavy atom. The fourth-order valence-electron chi connectivity index (χ4n) is 3.22. The zero-order valence-corrected chi connectivity index (χ0v) is 16.4. The summed E-state index contributed by atoms with van der Waals surface area (Å²) in [5, 5.41) is 11.2. The van der Waals surface area contributed by atoms with E-state index in [2.05, 4.69) is 18.8 Å². The van der Waals surface area contributed by atoms with Crippen LogP contribution in [-0.4, -0.2) is 53.4 Å². The average molecular weight is 393 g/mol. The Hall–Kier alpha value is -2.46. The van der Waals surface area contributed by atoms with Crippen molar-refractivity contribution in [3.8, 4) is 0 Å². The lowest BCUT2D eigenvalue weighted by Gasteiger charge is -2.34. The second kappa shape index (κ2) is 7.28. The lowest BCUT2D eigenvalue weighted by molar-refractivity contribution is -0.388. The Kier molecular flexibility index (Phi) is 5.20. The van der Waals surface area contributed by atoms with Gasteiger partial charge in [-0.1, -0.05) is 26.0 Å². The minimum atomic E-state index is -3.58. The minimum Gasteiger partial charge on any atom is -0.358 e. The van der Waals surface area contributed by atoms with Crippen molar-refractivity contribution in [1.82, 2.24) is 13.9 Å². The molecule has 1 aliphatic heterocycles. The summed E-state index contributed by atoms with van der Waals surface area (Å²) in [4.78, 5) is 16.5. The molecule has 2 heterocycles. The van der Waals surface area contributed by atoms with Gasteiger partial charge in [-0.05, 0) is 33.5 Å². The third-order valence-electron chi connectivity index (χ3n) is 4.78. The molecule has 2 aromatic rings. The van der Waals surface area contributed by atoms with Gasteiger partial charge in [0.2, 0.25) is 22.2 Å². The molecule has 0 radical (unpaired) electrons. The number of aryl methyl sites for hydroxylation is 1. The number of rotatable bonds is 5. The molecule has 0 spiro atoms. The topological polar surface area (TPSA) is 102 Å². The van der Waals surface area contributed by atoms with Crippen LogP contribution in [-0.2, 0) is 17.1 Å². The van der Waals surface area contributed by atoms with E-state index in [0.717, 1.165) is 5.56 Å². The van der Waals surface area contributed by atoms with Crippen molar-refractivity contribution in [2.75, 3.05) is 31.1 Å². The molecule has 0 atom stereocenters. The van der Waals surface area contributed by atoms with Crippen molar-refractivity contribution in [1.29, 1.82) is 0 Å². The number of nitro groups is 1. The number of aromatic nitrogens is 2. The molecule has 27 heavy (non-hydrogen) atoms. The highest BCUT2D eigenvalue weighted by Gasteiger charge is 2.32. The average Bonchev–Trinajstić information content (AvgIpc) is 3.03. The Balaban J connectivity index is 1.75. The van der Waals surface area contributed by atoms with E-state index in [0.29, 0.717) is 24.8 Å². The van der Waals surface area contributed by atoms with Crippen molar-refractivity contribution >= 4 is 21.7 Å². The molecule has 1 saturated heterocycles. The van der Waals surface area contributed by atoms with E-state index in [1.807, 2.05) is 12.1 Å². The third-order valence-corrected chi connectivity index (χ3v) is 6.70. The normalized spacial score (nSPS) is 16.1. The molecule has 0 bridgehead atoms. The largest absolute Gasteiger partial charge is 0.406 e. The number of imidazole rings is 1. The number of sulfonamides is 1. The van der Waals surface area contributed by atoms with Crippen LogP contribution >= 0.6 is 0 Å². The number of anilines is 1. The molecule has 1 aromatic carbocycles. The molecule has 1 aliphatic rings. The summed E-state index contributed by atoms with van der Waals surface area (Å²) in [6.45, 7) is 5.36. The zero-order chi connectivity index (χ0) is 19.8. The predicted octanol–water partition coefficient (Wildman–Crippen LogP) is 1.96. The molecule has 0 unspecified atom stereocenters. The van der Waals surface area contributed by atoms with Gasteiger partial charge in [0.15, 0.2) is 0 Å². The molecule has 9 nitrogen and oxygen atoms in total. The summed E-state index contributed by atoms with van der Waals surface area (Å²) in [5.74, 6) is 0.524. The van der Waals surface area contributed by atoms with Gasteiger partial charge in [-0.2, -0.15) is 4.31 Å². The van der Waals surface area contributed by atoms with Crippen LogP contribution < -0.4 is 4.90 Å². The van der Waals surface area contributed by atoms with E-state index in [1.165, 1.54) is 10.6 Å². The van der Waals surface area contributed by atoms with Crippen molar-refractivity contribution in [2.24, 2.45) is 7.05 Å². The SMILES string of the molecule is CC(C)c1ccc(S(=O)(=O)N2CCN(c3c([N+](=O)[O-])ncn3C)CC2)cc1. The van der Waals surface area contributed by atoms with Gasteiger partial charge in [0.05, 0.1) is 4.90 Å². The summed E-state index contributed by atoms with van der Waals surface area (Å²) >= 11 is 0. The van der Waals surface area contributed by atoms with Gasteiger partial charge in [0.1, 0.15) is 0 Å². The summed E-state index contributed by atoms with van der Waals surface area (Å²) in [6, 6.07) is 6.96. The molecule has 0 amide bonds. The molecule has 1 aromatic heterocycles. The first-order valence-corrected chi connectivity index (χ1v) is 10.2. The number of benzene rings is 1. The third kappa shape index (κ3) is 3.67. The first kappa shape index (κ1) is 19.3. The van der Waals surface area contributed by atoms with Gasteiger partial charge in [-0.25, -0.2) is 8.42 Å². The van der Waals surface area contributed by atoms with Crippen LogP contribution in [0.1, 0.15) is 25.3 Å². The lowest BCUT2D eigenvalue weighted by atomic mass is 10.0. The highest BCUT2D eigenvalue weighted by molar-refractivity contribution is 7.89. The number of hydrogen-bond donors (Lipinski definition) is 0. The summed E-state index contributed by atoms with van der Waals surface area (Å²) < 4.78 is 28.8. The van der Waals surface area contributed by atoms with E-state index in [-0.39, 0.29) is 23.8 Å². The fraction of sp³-hybridized carbons (Fsp3) is 0.471.